The van der Waals surface area contributed by atoms with Gasteiger partial charge in [0.15, 0.2) is 9.84 Å². The summed E-state index contributed by atoms with van der Waals surface area (Å²) in [5.41, 5.74) is 1.11. The van der Waals surface area contributed by atoms with E-state index in [-0.39, 0.29) is 6.04 Å². The van der Waals surface area contributed by atoms with E-state index in [2.05, 4.69) is 21.2 Å². The molecule has 1 aromatic carbocycles. The summed E-state index contributed by atoms with van der Waals surface area (Å²) in [6.07, 6.45) is 1.97. The van der Waals surface area contributed by atoms with Crippen LogP contribution in [-0.2, 0) is 16.3 Å². The molecular formula is C13H20BrNO2S. The van der Waals surface area contributed by atoms with Gasteiger partial charge in [0.25, 0.3) is 0 Å². The summed E-state index contributed by atoms with van der Waals surface area (Å²) in [6, 6.07) is 7.82. The molecule has 0 saturated carbocycles. The van der Waals surface area contributed by atoms with E-state index in [1.54, 1.807) is 20.9 Å². The van der Waals surface area contributed by atoms with Crippen LogP contribution < -0.4 is 5.32 Å². The van der Waals surface area contributed by atoms with E-state index >= 15 is 0 Å². The Balaban J connectivity index is 2.99. The highest BCUT2D eigenvalue weighted by Crippen LogP contribution is 2.24. The zero-order valence-corrected chi connectivity index (χ0v) is 13.6. The molecule has 0 heterocycles. The maximum absolute atomic E-state index is 11.9. The number of halogens is 1. The third kappa shape index (κ3) is 3.56. The molecule has 0 radical (unpaired) electrons. The minimum absolute atomic E-state index is 0.123. The molecule has 0 aliphatic rings. The van der Waals surface area contributed by atoms with E-state index < -0.39 is 14.6 Å². The van der Waals surface area contributed by atoms with Crippen LogP contribution in [0.2, 0.25) is 0 Å². The Morgan fingerprint density at radius 2 is 2.00 bits per heavy atom. The smallest absolute Gasteiger partial charge is 0.154 e. The summed E-state index contributed by atoms with van der Waals surface area (Å²) in [4.78, 5) is 0. The van der Waals surface area contributed by atoms with Crippen molar-refractivity contribution in [1.29, 1.82) is 0 Å². The maximum atomic E-state index is 11.9. The Labute approximate surface area is 118 Å². The molecule has 3 nitrogen and oxygen atoms in total. The second-order valence-electron chi connectivity index (χ2n) is 5.05. The van der Waals surface area contributed by atoms with Crippen LogP contribution in [0.5, 0.6) is 0 Å². The lowest BCUT2D eigenvalue weighted by Crippen LogP contribution is -2.51. The summed E-state index contributed by atoms with van der Waals surface area (Å²) in [5, 5.41) is 3.12. The van der Waals surface area contributed by atoms with E-state index in [4.69, 9.17) is 0 Å². The first-order valence-electron chi connectivity index (χ1n) is 5.80. The third-order valence-electron chi connectivity index (χ3n) is 3.47. The topological polar surface area (TPSA) is 46.2 Å². The fraction of sp³-hybridized carbons (Fsp3) is 0.538. The fourth-order valence-corrected chi connectivity index (χ4v) is 3.02. The van der Waals surface area contributed by atoms with Crippen LogP contribution >= 0.6 is 15.9 Å². The molecule has 0 aliphatic carbocycles. The highest BCUT2D eigenvalue weighted by Gasteiger charge is 2.38. The molecule has 1 unspecified atom stereocenters. The van der Waals surface area contributed by atoms with Gasteiger partial charge in [-0.15, -0.1) is 0 Å². The minimum atomic E-state index is -3.12. The summed E-state index contributed by atoms with van der Waals surface area (Å²) >= 11 is 3.43. The van der Waals surface area contributed by atoms with Crippen LogP contribution in [0.15, 0.2) is 28.7 Å². The van der Waals surface area contributed by atoms with E-state index in [1.807, 2.05) is 24.3 Å². The molecule has 5 heteroatoms. The quantitative estimate of drug-likeness (QED) is 0.899. The average Bonchev–Trinajstić information content (AvgIpc) is 2.24. The van der Waals surface area contributed by atoms with Crippen LogP contribution in [0.3, 0.4) is 0 Å². The number of hydrogen-bond acceptors (Lipinski definition) is 3. The molecule has 1 rings (SSSR count). The van der Waals surface area contributed by atoms with Gasteiger partial charge in [-0.1, -0.05) is 28.1 Å². The second kappa shape index (κ2) is 5.72. The third-order valence-corrected chi connectivity index (χ3v) is 6.16. The lowest BCUT2D eigenvalue weighted by Gasteiger charge is -2.32. The predicted molar refractivity (Wildman–Crippen MR) is 79.6 cm³/mol. The Kier molecular flexibility index (Phi) is 4.98. The van der Waals surface area contributed by atoms with Gasteiger partial charge in [0, 0.05) is 16.8 Å². The van der Waals surface area contributed by atoms with E-state index in [0.717, 1.165) is 10.0 Å². The van der Waals surface area contributed by atoms with Crippen molar-refractivity contribution in [3.05, 3.63) is 34.3 Å². The van der Waals surface area contributed by atoms with E-state index in [9.17, 15) is 8.42 Å². The van der Waals surface area contributed by atoms with Crippen molar-refractivity contribution in [1.82, 2.24) is 5.32 Å². The molecule has 1 aromatic rings. The lowest BCUT2D eigenvalue weighted by atomic mass is 9.96. The molecule has 0 amide bonds. The van der Waals surface area contributed by atoms with Crippen LogP contribution in [0.1, 0.15) is 19.4 Å². The first-order chi connectivity index (χ1) is 8.18. The van der Waals surface area contributed by atoms with Crippen LogP contribution in [0.25, 0.3) is 0 Å². The summed E-state index contributed by atoms with van der Waals surface area (Å²) < 4.78 is 23.9. The van der Waals surface area contributed by atoms with Crippen LogP contribution in [-0.4, -0.2) is 32.5 Å². The number of rotatable bonds is 5. The van der Waals surface area contributed by atoms with Gasteiger partial charge in [-0.05, 0) is 45.0 Å². The summed E-state index contributed by atoms with van der Waals surface area (Å²) in [7, 11) is -1.32. The van der Waals surface area contributed by atoms with Crippen molar-refractivity contribution in [2.75, 3.05) is 13.3 Å². The van der Waals surface area contributed by atoms with Crippen molar-refractivity contribution in [3.63, 3.8) is 0 Å². The molecule has 0 saturated heterocycles. The Bertz CT molecular complexity index is 511. The molecule has 0 fully saturated rings. The zero-order chi connectivity index (χ0) is 14.0. The Hall–Kier alpha value is -0.390. The van der Waals surface area contributed by atoms with Crippen molar-refractivity contribution in [2.45, 2.75) is 31.1 Å². The van der Waals surface area contributed by atoms with Crippen LogP contribution in [0, 0.1) is 0 Å². The highest BCUT2D eigenvalue weighted by atomic mass is 79.9. The Morgan fingerprint density at radius 3 is 2.44 bits per heavy atom. The number of sulfone groups is 1. The first-order valence-corrected chi connectivity index (χ1v) is 8.48. The minimum Gasteiger partial charge on any atom is -0.315 e. The van der Waals surface area contributed by atoms with Crippen LogP contribution in [0.4, 0.5) is 0 Å². The lowest BCUT2D eigenvalue weighted by molar-refractivity contribution is 0.430. The Morgan fingerprint density at radius 1 is 1.39 bits per heavy atom. The molecule has 1 atom stereocenters. The maximum Gasteiger partial charge on any atom is 0.154 e. The van der Waals surface area contributed by atoms with E-state index in [0.29, 0.717) is 6.42 Å². The molecule has 0 bridgehead atoms. The molecule has 0 spiro atoms. The van der Waals surface area contributed by atoms with Gasteiger partial charge in [-0.2, -0.15) is 0 Å². The zero-order valence-electron chi connectivity index (χ0n) is 11.2. The number of likely N-dealkylation sites (N-methyl/N-ethyl adjacent to an activating group) is 1. The van der Waals surface area contributed by atoms with Crippen molar-refractivity contribution >= 4 is 25.8 Å². The average molecular weight is 334 g/mol. The van der Waals surface area contributed by atoms with E-state index in [1.165, 1.54) is 6.26 Å². The second-order valence-corrected chi connectivity index (χ2v) is 8.56. The molecule has 18 heavy (non-hydrogen) atoms. The number of benzene rings is 1. The van der Waals surface area contributed by atoms with Gasteiger partial charge in [-0.3, -0.25) is 0 Å². The molecule has 102 valence electrons. The van der Waals surface area contributed by atoms with Gasteiger partial charge < -0.3 is 5.32 Å². The summed E-state index contributed by atoms with van der Waals surface area (Å²) in [6.45, 7) is 3.53. The van der Waals surface area contributed by atoms with Crippen molar-refractivity contribution < 1.29 is 8.42 Å². The SMILES string of the molecule is CNC(Cc1cccc(Br)c1)C(C)(C)S(C)(=O)=O. The molecule has 1 N–H and O–H groups in total. The van der Waals surface area contributed by atoms with Gasteiger partial charge in [-0.25, -0.2) is 8.42 Å². The summed E-state index contributed by atoms with van der Waals surface area (Å²) in [5.74, 6) is 0. The molecule has 0 aliphatic heterocycles. The highest BCUT2D eigenvalue weighted by molar-refractivity contribution is 9.10. The van der Waals surface area contributed by atoms with Crippen molar-refractivity contribution in [3.8, 4) is 0 Å². The standard InChI is InChI=1S/C13H20BrNO2S/c1-13(2,18(4,16)17)12(15-3)9-10-6-5-7-11(14)8-10/h5-8,12,15H,9H2,1-4H3. The number of nitrogens with one attached hydrogen (secondary N) is 1. The number of hydrogen-bond donors (Lipinski definition) is 1. The molecule has 0 aromatic heterocycles. The predicted octanol–water partition coefficient (Wildman–Crippen LogP) is 2.40. The largest absolute Gasteiger partial charge is 0.315 e. The van der Waals surface area contributed by atoms with Gasteiger partial charge in [0.1, 0.15) is 0 Å². The van der Waals surface area contributed by atoms with Gasteiger partial charge >= 0.3 is 0 Å². The first kappa shape index (κ1) is 15.7. The normalized spacial score (nSPS) is 14.5. The molecular weight excluding hydrogens is 314 g/mol. The van der Waals surface area contributed by atoms with Crippen molar-refractivity contribution in [2.24, 2.45) is 0 Å². The van der Waals surface area contributed by atoms with Gasteiger partial charge in [0.2, 0.25) is 0 Å². The van der Waals surface area contributed by atoms with Gasteiger partial charge in [0.05, 0.1) is 4.75 Å². The monoisotopic (exact) mass is 333 g/mol. The fourth-order valence-electron chi connectivity index (χ4n) is 1.85.